The van der Waals surface area contributed by atoms with Crippen molar-refractivity contribution < 1.29 is 4.79 Å². The predicted molar refractivity (Wildman–Crippen MR) is 116 cm³/mol. The van der Waals surface area contributed by atoms with E-state index in [-0.39, 0.29) is 5.91 Å². The van der Waals surface area contributed by atoms with E-state index in [1.807, 2.05) is 19.1 Å². The highest BCUT2D eigenvalue weighted by atomic mass is 28.3. The number of fused-ring (bicyclic) bond motifs is 1. The zero-order valence-electron chi connectivity index (χ0n) is 17.6. The van der Waals surface area contributed by atoms with Gasteiger partial charge in [0, 0.05) is 37.0 Å². The molecular weight excluding hydrogens is 364 g/mol. The first-order valence-corrected chi connectivity index (χ1v) is 12.8. The van der Waals surface area contributed by atoms with Crippen LogP contribution >= 0.6 is 0 Å². The van der Waals surface area contributed by atoms with Crippen molar-refractivity contribution in [1.82, 2.24) is 19.5 Å². The minimum Gasteiger partial charge on any atom is -0.343 e. The zero-order chi connectivity index (χ0) is 20.6. The number of nitrogens with zero attached hydrogens (tertiary/aromatic N) is 4. The average Bonchev–Trinajstić information content (AvgIpc) is 3.03. The molecule has 0 aliphatic carbocycles. The molecule has 3 rings (SSSR count). The van der Waals surface area contributed by atoms with Crippen molar-refractivity contribution in [3.05, 3.63) is 52.8 Å². The average molecular weight is 391 g/mol. The molecule has 0 unspecified atom stereocenters. The van der Waals surface area contributed by atoms with Gasteiger partial charge in [-0.15, -0.1) is 5.54 Å². The Morgan fingerprint density at radius 2 is 1.82 bits per heavy atom. The maximum atomic E-state index is 12.3. The second-order valence-electron chi connectivity index (χ2n) is 8.31. The van der Waals surface area contributed by atoms with Crippen LogP contribution in [-0.2, 0) is 0 Å². The third kappa shape index (κ3) is 4.15. The van der Waals surface area contributed by atoms with Crippen LogP contribution in [0.3, 0.4) is 0 Å². The van der Waals surface area contributed by atoms with E-state index in [2.05, 4.69) is 55.1 Å². The van der Waals surface area contributed by atoms with Gasteiger partial charge in [-0.1, -0.05) is 31.6 Å². The summed E-state index contributed by atoms with van der Waals surface area (Å²) in [5, 5.41) is 4.70. The quantitative estimate of drug-likeness (QED) is 0.492. The van der Waals surface area contributed by atoms with Crippen LogP contribution in [0.5, 0.6) is 0 Å². The van der Waals surface area contributed by atoms with E-state index in [1.165, 1.54) is 4.90 Å². The maximum Gasteiger partial charge on any atom is 0.272 e. The Kier molecular flexibility index (Phi) is 5.14. The first-order chi connectivity index (χ1) is 13.0. The van der Waals surface area contributed by atoms with Crippen LogP contribution in [0.1, 0.15) is 27.3 Å². The Hall–Kier alpha value is -2.91. The summed E-state index contributed by atoms with van der Waals surface area (Å²) < 4.78 is 1.78. The SMILES string of the molecule is Cc1cc(C#C[Si](C)(C)C)ccc1-c1cc2nc(C(=O)N(C)C)cc(C)n2n1. The molecule has 0 aliphatic heterocycles. The van der Waals surface area contributed by atoms with Crippen LogP contribution < -0.4 is 0 Å². The number of amides is 1. The number of hydrogen-bond donors (Lipinski definition) is 0. The largest absolute Gasteiger partial charge is 0.343 e. The number of hydrogen-bond acceptors (Lipinski definition) is 3. The van der Waals surface area contributed by atoms with Gasteiger partial charge in [0.25, 0.3) is 5.91 Å². The Balaban J connectivity index is 2.03. The Labute approximate surface area is 167 Å². The minimum absolute atomic E-state index is 0.116. The van der Waals surface area contributed by atoms with Crippen LogP contribution in [0.4, 0.5) is 0 Å². The molecule has 0 spiro atoms. The normalized spacial score (nSPS) is 11.2. The van der Waals surface area contributed by atoms with Crippen molar-refractivity contribution in [3.8, 4) is 22.7 Å². The van der Waals surface area contributed by atoms with Gasteiger partial charge < -0.3 is 4.90 Å². The molecule has 0 atom stereocenters. The van der Waals surface area contributed by atoms with E-state index in [1.54, 1.807) is 24.7 Å². The van der Waals surface area contributed by atoms with Gasteiger partial charge in [0.1, 0.15) is 13.8 Å². The zero-order valence-corrected chi connectivity index (χ0v) is 18.6. The number of aryl methyl sites for hydroxylation is 2. The summed E-state index contributed by atoms with van der Waals surface area (Å²) in [4.78, 5) is 18.3. The summed E-state index contributed by atoms with van der Waals surface area (Å²) in [6.45, 7) is 10.7. The third-order valence-electron chi connectivity index (χ3n) is 4.31. The Bertz CT molecular complexity index is 1130. The van der Waals surface area contributed by atoms with E-state index in [0.717, 1.165) is 28.1 Å². The number of rotatable bonds is 2. The molecule has 0 saturated carbocycles. The van der Waals surface area contributed by atoms with Crippen LogP contribution in [0, 0.1) is 25.3 Å². The molecule has 2 heterocycles. The molecule has 0 N–H and O–H groups in total. The first kappa shape index (κ1) is 19.8. The lowest BCUT2D eigenvalue weighted by Crippen LogP contribution is -2.23. The monoisotopic (exact) mass is 390 g/mol. The summed E-state index contributed by atoms with van der Waals surface area (Å²) >= 11 is 0. The highest BCUT2D eigenvalue weighted by molar-refractivity contribution is 6.83. The van der Waals surface area contributed by atoms with Crippen LogP contribution in [0.15, 0.2) is 30.3 Å². The van der Waals surface area contributed by atoms with E-state index in [9.17, 15) is 4.79 Å². The Morgan fingerprint density at radius 3 is 2.43 bits per heavy atom. The highest BCUT2D eigenvalue weighted by Gasteiger charge is 2.15. The second-order valence-corrected chi connectivity index (χ2v) is 13.1. The molecule has 2 aromatic heterocycles. The minimum atomic E-state index is -1.40. The fourth-order valence-corrected chi connectivity index (χ4v) is 3.40. The lowest BCUT2D eigenvalue weighted by atomic mass is 10.0. The van der Waals surface area contributed by atoms with E-state index >= 15 is 0 Å². The number of carbonyl (C=O) groups is 1. The van der Waals surface area contributed by atoms with Gasteiger partial charge in [-0.3, -0.25) is 4.79 Å². The third-order valence-corrected chi connectivity index (χ3v) is 5.19. The second kappa shape index (κ2) is 7.25. The molecule has 3 aromatic rings. The van der Waals surface area contributed by atoms with Crippen molar-refractivity contribution >= 4 is 19.6 Å². The van der Waals surface area contributed by atoms with Gasteiger partial charge in [-0.25, -0.2) is 9.50 Å². The van der Waals surface area contributed by atoms with Gasteiger partial charge in [0.2, 0.25) is 0 Å². The topological polar surface area (TPSA) is 50.5 Å². The van der Waals surface area contributed by atoms with Crippen molar-refractivity contribution in [2.75, 3.05) is 14.1 Å². The molecule has 144 valence electrons. The van der Waals surface area contributed by atoms with Gasteiger partial charge >= 0.3 is 0 Å². The molecule has 0 saturated heterocycles. The lowest BCUT2D eigenvalue weighted by molar-refractivity contribution is 0.0822. The lowest BCUT2D eigenvalue weighted by Gasteiger charge is -2.10. The number of benzene rings is 1. The van der Waals surface area contributed by atoms with E-state index in [0.29, 0.717) is 11.3 Å². The van der Waals surface area contributed by atoms with Crippen molar-refractivity contribution in [2.45, 2.75) is 33.5 Å². The smallest absolute Gasteiger partial charge is 0.272 e. The maximum absolute atomic E-state index is 12.3. The molecule has 0 aliphatic rings. The molecule has 1 aromatic carbocycles. The predicted octanol–water partition coefficient (Wildman–Crippen LogP) is 3.94. The van der Waals surface area contributed by atoms with Gasteiger partial charge in [-0.2, -0.15) is 5.10 Å². The number of aromatic nitrogens is 3. The molecule has 0 fully saturated rings. The molecule has 0 radical (unpaired) electrons. The van der Waals surface area contributed by atoms with Crippen molar-refractivity contribution in [3.63, 3.8) is 0 Å². The molecular formula is C22H26N4OSi. The molecule has 5 nitrogen and oxygen atoms in total. The molecule has 28 heavy (non-hydrogen) atoms. The van der Waals surface area contributed by atoms with Crippen LogP contribution in [0.25, 0.3) is 16.9 Å². The fourth-order valence-electron chi connectivity index (χ4n) is 2.88. The summed E-state index contributed by atoms with van der Waals surface area (Å²) in [6, 6.07) is 9.91. The Morgan fingerprint density at radius 1 is 1.11 bits per heavy atom. The summed E-state index contributed by atoms with van der Waals surface area (Å²) in [5.74, 6) is 3.19. The molecule has 6 heteroatoms. The van der Waals surface area contributed by atoms with Gasteiger partial charge in [0.05, 0.1) is 5.69 Å². The summed E-state index contributed by atoms with van der Waals surface area (Å²) in [6.07, 6.45) is 0. The standard InChI is InChI=1S/C22H26N4OSi/c1-15-12-17(10-11-28(5,6)7)8-9-18(15)19-14-21-23-20(22(27)25(3)4)13-16(2)26(21)24-19/h8-9,12-14H,1-7H3. The first-order valence-electron chi connectivity index (χ1n) is 9.28. The van der Waals surface area contributed by atoms with Crippen molar-refractivity contribution in [1.29, 1.82) is 0 Å². The van der Waals surface area contributed by atoms with Crippen LogP contribution in [0.2, 0.25) is 19.6 Å². The highest BCUT2D eigenvalue weighted by Crippen LogP contribution is 2.24. The van der Waals surface area contributed by atoms with Gasteiger partial charge in [0.15, 0.2) is 5.65 Å². The summed E-state index contributed by atoms with van der Waals surface area (Å²) in [5.41, 5.74) is 9.40. The van der Waals surface area contributed by atoms with Crippen molar-refractivity contribution in [2.24, 2.45) is 0 Å². The van der Waals surface area contributed by atoms with Gasteiger partial charge in [-0.05, 0) is 37.6 Å². The van der Waals surface area contributed by atoms with E-state index in [4.69, 9.17) is 5.10 Å². The number of carbonyl (C=O) groups excluding carboxylic acids is 1. The molecule has 1 amide bonds. The van der Waals surface area contributed by atoms with Crippen LogP contribution in [-0.4, -0.2) is 47.6 Å². The molecule has 0 bridgehead atoms. The summed E-state index contributed by atoms with van der Waals surface area (Å²) in [7, 11) is 2.04. The van der Waals surface area contributed by atoms with E-state index < -0.39 is 8.07 Å². The fraction of sp³-hybridized carbons (Fsp3) is 0.318.